The lowest BCUT2D eigenvalue weighted by Crippen LogP contribution is -2.53. The van der Waals surface area contributed by atoms with E-state index < -0.39 is 0 Å². The van der Waals surface area contributed by atoms with Gasteiger partial charge in [-0.25, -0.2) is 0 Å². The van der Waals surface area contributed by atoms with Crippen LogP contribution in [0.4, 0.5) is 0 Å². The predicted octanol–water partition coefficient (Wildman–Crippen LogP) is 2.19. The normalized spacial score (nSPS) is 19.7. The van der Waals surface area contributed by atoms with Crippen LogP contribution in [0.1, 0.15) is 59.8 Å². The Hall–Kier alpha value is 0.137. The average molecular weight is 242 g/mol. The van der Waals surface area contributed by atoms with Gasteiger partial charge in [-0.3, -0.25) is 0 Å². The molecular formula is C13H30N2Si. The molecule has 1 saturated carbocycles. The van der Waals surface area contributed by atoms with Crippen LogP contribution < -0.4 is 10.6 Å². The van der Waals surface area contributed by atoms with Crippen molar-refractivity contribution in [3.8, 4) is 0 Å². The van der Waals surface area contributed by atoms with Gasteiger partial charge in [0.2, 0.25) is 0 Å². The predicted molar refractivity (Wildman–Crippen MR) is 75.7 cm³/mol. The Labute approximate surface area is 104 Å². The maximum Gasteiger partial charge on any atom is 0.0617 e. The summed E-state index contributed by atoms with van der Waals surface area (Å²) < 4.78 is 0. The van der Waals surface area contributed by atoms with E-state index in [4.69, 9.17) is 0 Å². The minimum atomic E-state index is -0.0283. The summed E-state index contributed by atoms with van der Waals surface area (Å²) in [7, 11) is -0.0283. The third-order valence-corrected chi connectivity index (χ3v) is 5.79. The van der Waals surface area contributed by atoms with E-state index in [1.54, 1.807) is 0 Å². The number of rotatable bonds is 6. The van der Waals surface area contributed by atoms with E-state index in [2.05, 4.69) is 38.3 Å². The molecule has 0 amide bonds. The molecule has 0 saturated heterocycles. The first-order valence-electron chi connectivity index (χ1n) is 7.10. The fourth-order valence-corrected chi connectivity index (χ4v) is 5.68. The zero-order valence-corrected chi connectivity index (χ0v) is 13.0. The third-order valence-electron chi connectivity index (χ3n) is 3.36. The summed E-state index contributed by atoms with van der Waals surface area (Å²) in [4.78, 5) is 0. The molecule has 1 aliphatic carbocycles. The summed E-state index contributed by atoms with van der Waals surface area (Å²) in [6.45, 7) is 9.02. The largest absolute Gasteiger partial charge is 0.303 e. The molecule has 1 fully saturated rings. The minimum Gasteiger partial charge on any atom is -0.303 e. The number of nitrogens with one attached hydrogen (secondary N) is 2. The van der Waals surface area contributed by atoms with Crippen LogP contribution in [0.2, 0.25) is 5.54 Å². The van der Waals surface area contributed by atoms with Crippen molar-refractivity contribution in [3.05, 3.63) is 0 Å². The van der Waals surface area contributed by atoms with Gasteiger partial charge in [-0.1, -0.05) is 32.1 Å². The summed E-state index contributed by atoms with van der Waals surface area (Å²) in [6, 6.07) is 1.21. The van der Waals surface area contributed by atoms with E-state index in [0.717, 1.165) is 5.54 Å². The Morgan fingerprint density at radius 1 is 0.875 bits per heavy atom. The zero-order valence-electron chi connectivity index (χ0n) is 11.6. The smallest absolute Gasteiger partial charge is 0.0617 e. The van der Waals surface area contributed by atoms with Crippen molar-refractivity contribution in [1.29, 1.82) is 0 Å². The second-order valence-corrected chi connectivity index (χ2v) is 8.38. The van der Waals surface area contributed by atoms with Crippen LogP contribution >= 0.6 is 0 Å². The van der Waals surface area contributed by atoms with Crippen molar-refractivity contribution in [1.82, 2.24) is 10.6 Å². The summed E-state index contributed by atoms with van der Waals surface area (Å²) in [5, 5.41) is 7.42. The first-order valence-corrected chi connectivity index (χ1v) is 8.73. The maximum absolute atomic E-state index is 3.71. The van der Waals surface area contributed by atoms with Gasteiger partial charge in [0.25, 0.3) is 0 Å². The van der Waals surface area contributed by atoms with Gasteiger partial charge in [0.15, 0.2) is 0 Å². The van der Waals surface area contributed by atoms with Gasteiger partial charge in [-0.2, -0.15) is 0 Å². The Kier molecular flexibility index (Phi) is 6.62. The summed E-state index contributed by atoms with van der Waals surface area (Å²) in [5.41, 5.74) is 1.08. The molecule has 0 unspecified atom stereocenters. The van der Waals surface area contributed by atoms with Crippen molar-refractivity contribution in [2.45, 2.75) is 83.2 Å². The zero-order chi connectivity index (χ0) is 12.0. The molecule has 0 atom stereocenters. The van der Waals surface area contributed by atoms with Crippen molar-refractivity contribution < 1.29 is 0 Å². The highest BCUT2D eigenvalue weighted by atomic mass is 28.2. The molecule has 0 aromatic rings. The number of hydrogen-bond acceptors (Lipinski definition) is 2. The third kappa shape index (κ3) is 6.02. The molecule has 0 bridgehead atoms. The van der Waals surface area contributed by atoms with Crippen LogP contribution in [0.3, 0.4) is 0 Å². The first kappa shape index (κ1) is 14.2. The molecule has 0 aromatic heterocycles. The monoisotopic (exact) mass is 242 g/mol. The molecule has 0 aliphatic heterocycles. The standard InChI is InChI=1S/C13H30N2Si/c1-10(2)14-13(15-11(3)4)16-12-8-6-5-7-9-12/h10-15H,5-9,16H2,1-4H3. The minimum absolute atomic E-state index is 0.0283. The Morgan fingerprint density at radius 3 is 1.81 bits per heavy atom. The molecule has 96 valence electrons. The van der Waals surface area contributed by atoms with Crippen molar-refractivity contribution in [2.75, 3.05) is 0 Å². The lowest BCUT2D eigenvalue weighted by atomic mass is 10.0. The molecule has 2 N–H and O–H groups in total. The van der Waals surface area contributed by atoms with Gasteiger partial charge in [0.05, 0.1) is 9.52 Å². The van der Waals surface area contributed by atoms with Gasteiger partial charge in [0, 0.05) is 17.9 Å². The molecule has 1 aliphatic rings. The van der Waals surface area contributed by atoms with E-state index in [9.17, 15) is 0 Å². The van der Waals surface area contributed by atoms with Crippen LogP contribution in [-0.2, 0) is 0 Å². The van der Waals surface area contributed by atoms with Crippen LogP contribution in [0.5, 0.6) is 0 Å². The fraction of sp³-hybridized carbons (Fsp3) is 1.00. The summed E-state index contributed by atoms with van der Waals surface area (Å²) in [6.07, 6.45) is 7.44. The van der Waals surface area contributed by atoms with Gasteiger partial charge in [-0.15, -0.1) is 0 Å². The van der Waals surface area contributed by atoms with Crippen molar-refractivity contribution in [3.63, 3.8) is 0 Å². The van der Waals surface area contributed by atoms with E-state index >= 15 is 0 Å². The lowest BCUT2D eigenvalue weighted by Gasteiger charge is -2.30. The van der Waals surface area contributed by atoms with E-state index in [1.807, 2.05) is 0 Å². The highest BCUT2D eigenvalue weighted by Gasteiger charge is 2.20. The molecule has 0 heterocycles. The molecule has 16 heavy (non-hydrogen) atoms. The maximum atomic E-state index is 3.71. The molecule has 0 radical (unpaired) electrons. The van der Waals surface area contributed by atoms with Crippen molar-refractivity contribution in [2.24, 2.45) is 0 Å². The second kappa shape index (κ2) is 7.46. The molecule has 0 aromatic carbocycles. The van der Waals surface area contributed by atoms with Crippen LogP contribution in [0.15, 0.2) is 0 Å². The number of hydrogen-bond donors (Lipinski definition) is 2. The quantitative estimate of drug-likeness (QED) is 0.551. The summed E-state index contributed by atoms with van der Waals surface area (Å²) >= 11 is 0. The first-order chi connectivity index (χ1) is 7.58. The molecule has 0 spiro atoms. The van der Waals surface area contributed by atoms with Crippen molar-refractivity contribution >= 4 is 9.52 Å². The molecule has 1 rings (SSSR count). The van der Waals surface area contributed by atoms with Gasteiger partial charge < -0.3 is 10.6 Å². The van der Waals surface area contributed by atoms with Gasteiger partial charge in [0.1, 0.15) is 0 Å². The van der Waals surface area contributed by atoms with E-state index in [0.29, 0.717) is 17.9 Å². The Balaban J connectivity index is 2.35. The SMILES string of the molecule is CC(C)NC(NC(C)C)[SiH2]C1CCCCC1. The van der Waals surface area contributed by atoms with Crippen LogP contribution in [0.25, 0.3) is 0 Å². The van der Waals surface area contributed by atoms with Crippen LogP contribution in [0, 0.1) is 0 Å². The lowest BCUT2D eigenvalue weighted by molar-refractivity contribution is 0.432. The highest BCUT2D eigenvalue weighted by molar-refractivity contribution is 6.39. The average Bonchev–Trinajstić information content (AvgIpc) is 2.16. The van der Waals surface area contributed by atoms with Gasteiger partial charge in [-0.05, 0) is 33.2 Å². The Bertz CT molecular complexity index is 167. The Morgan fingerprint density at radius 2 is 1.38 bits per heavy atom. The topological polar surface area (TPSA) is 24.1 Å². The second-order valence-electron chi connectivity index (χ2n) is 5.94. The summed E-state index contributed by atoms with van der Waals surface area (Å²) in [5.74, 6) is 0.642. The molecule has 3 heteroatoms. The van der Waals surface area contributed by atoms with E-state index in [1.165, 1.54) is 32.1 Å². The van der Waals surface area contributed by atoms with Gasteiger partial charge >= 0.3 is 0 Å². The fourth-order valence-electron chi connectivity index (χ4n) is 2.75. The molecule has 2 nitrogen and oxygen atoms in total. The van der Waals surface area contributed by atoms with Crippen LogP contribution in [-0.4, -0.2) is 27.4 Å². The van der Waals surface area contributed by atoms with E-state index in [-0.39, 0.29) is 9.52 Å². The molecular weight excluding hydrogens is 212 g/mol. The highest BCUT2D eigenvalue weighted by Crippen LogP contribution is 2.28.